The minimum Gasteiger partial charge on any atom is -0.396 e. The van der Waals surface area contributed by atoms with Gasteiger partial charge in [0, 0.05) is 37.2 Å². The topological polar surface area (TPSA) is 64.0 Å². The van der Waals surface area contributed by atoms with E-state index in [0.29, 0.717) is 19.5 Å². The van der Waals surface area contributed by atoms with E-state index in [2.05, 4.69) is 6.07 Å². The summed E-state index contributed by atoms with van der Waals surface area (Å²) in [6.45, 7) is 3.63. The molecule has 0 saturated heterocycles. The number of hydrogen-bond donors (Lipinski definition) is 2. The van der Waals surface area contributed by atoms with E-state index < -0.39 is 5.41 Å². The number of carbonyl (C=O) groups excluding carboxylic acids is 1. The number of benzene rings is 1. The zero-order valence-corrected chi connectivity index (χ0v) is 13.5. The molecule has 0 spiro atoms. The maximum atomic E-state index is 12.4. The van der Waals surface area contributed by atoms with Crippen molar-refractivity contribution in [1.29, 1.82) is 0 Å². The van der Waals surface area contributed by atoms with Crippen molar-refractivity contribution < 1.29 is 15.0 Å². The Labute approximate surface area is 132 Å². The SMILES string of the molecule is CN(CCC(=O)N1CCc2ccccc21)CC(C)(CO)CO. The second kappa shape index (κ2) is 7.22. The Balaban J connectivity index is 1.86. The van der Waals surface area contributed by atoms with Crippen LogP contribution in [0.5, 0.6) is 0 Å². The van der Waals surface area contributed by atoms with Crippen LogP contribution in [0.2, 0.25) is 0 Å². The highest BCUT2D eigenvalue weighted by Crippen LogP contribution is 2.27. The molecule has 0 bridgehead atoms. The maximum Gasteiger partial charge on any atom is 0.228 e. The lowest BCUT2D eigenvalue weighted by atomic mass is 9.92. The molecule has 0 unspecified atom stereocenters. The number of carbonyl (C=O) groups is 1. The number of nitrogens with zero attached hydrogens (tertiary/aromatic N) is 2. The highest BCUT2D eigenvalue weighted by molar-refractivity contribution is 5.95. The van der Waals surface area contributed by atoms with Gasteiger partial charge in [-0.2, -0.15) is 0 Å². The van der Waals surface area contributed by atoms with Crippen LogP contribution in [0.25, 0.3) is 0 Å². The normalized spacial score (nSPS) is 14.5. The number of anilines is 1. The predicted molar refractivity (Wildman–Crippen MR) is 86.9 cm³/mol. The summed E-state index contributed by atoms with van der Waals surface area (Å²) in [4.78, 5) is 16.3. The van der Waals surface area contributed by atoms with Gasteiger partial charge in [0.05, 0.1) is 13.2 Å². The summed E-state index contributed by atoms with van der Waals surface area (Å²) in [6.07, 6.45) is 1.36. The summed E-state index contributed by atoms with van der Waals surface area (Å²) in [6, 6.07) is 8.04. The average Bonchev–Trinajstić information content (AvgIpc) is 2.96. The molecule has 0 aromatic heterocycles. The lowest BCUT2D eigenvalue weighted by molar-refractivity contribution is -0.118. The molecule has 1 aliphatic heterocycles. The molecular formula is C17H26N2O3. The van der Waals surface area contributed by atoms with E-state index in [1.54, 1.807) is 0 Å². The minimum atomic E-state index is -0.530. The van der Waals surface area contributed by atoms with Gasteiger partial charge in [-0.25, -0.2) is 0 Å². The molecule has 22 heavy (non-hydrogen) atoms. The van der Waals surface area contributed by atoms with E-state index >= 15 is 0 Å². The standard InChI is InChI=1S/C17H26N2O3/c1-17(12-20,13-21)11-18(2)9-8-16(22)19-10-7-14-5-3-4-6-15(14)19/h3-6,20-21H,7-13H2,1-2H3. The number of para-hydroxylation sites is 1. The van der Waals surface area contributed by atoms with Crippen LogP contribution in [0.4, 0.5) is 5.69 Å². The summed E-state index contributed by atoms with van der Waals surface area (Å²) in [5, 5.41) is 18.7. The molecule has 1 aliphatic rings. The lowest BCUT2D eigenvalue weighted by Gasteiger charge is -2.30. The number of amides is 1. The first-order valence-corrected chi connectivity index (χ1v) is 7.77. The van der Waals surface area contributed by atoms with Gasteiger partial charge in [0.2, 0.25) is 5.91 Å². The monoisotopic (exact) mass is 306 g/mol. The summed E-state index contributed by atoms with van der Waals surface area (Å²) < 4.78 is 0. The third-order valence-corrected chi connectivity index (χ3v) is 4.31. The van der Waals surface area contributed by atoms with Crippen LogP contribution in [-0.2, 0) is 11.2 Å². The van der Waals surface area contributed by atoms with E-state index in [4.69, 9.17) is 0 Å². The van der Waals surface area contributed by atoms with E-state index in [0.717, 1.165) is 18.7 Å². The smallest absolute Gasteiger partial charge is 0.228 e. The van der Waals surface area contributed by atoms with Crippen molar-refractivity contribution in [3.8, 4) is 0 Å². The Morgan fingerprint density at radius 1 is 1.32 bits per heavy atom. The van der Waals surface area contributed by atoms with Crippen molar-refractivity contribution in [3.63, 3.8) is 0 Å². The first-order valence-electron chi connectivity index (χ1n) is 7.77. The number of aliphatic hydroxyl groups is 2. The van der Waals surface area contributed by atoms with Crippen LogP contribution in [0, 0.1) is 5.41 Å². The van der Waals surface area contributed by atoms with Crippen LogP contribution in [0.1, 0.15) is 18.9 Å². The first kappa shape index (κ1) is 16.9. The third-order valence-electron chi connectivity index (χ3n) is 4.31. The second-order valence-corrected chi connectivity index (χ2v) is 6.54. The molecule has 0 radical (unpaired) electrons. The Morgan fingerprint density at radius 3 is 2.68 bits per heavy atom. The molecule has 5 nitrogen and oxygen atoms in total. The third kappa shape index (κ3) is 3.85. The van der Waals surface area contributed by atoms with Gasteiger partial charge >= 0.3 is 0 Å². The first-order chi connectivity index (χ1) is 10.5. The molecule has 0 saturated carbocycles. The molecule has 2 N–H and O–H groups in total. The van der Waals surface area contributed by atoms with Gasteiger partial charge in [-0.1, -0.05) is 25.1 Å². The highest BCUT2D eigenvalue weighted by atomic mass is 16.3. The maximum absolute atomic E-state index is 12.4. The molecule has 0 aliphatic carbocycles. The second-order valence-electron chi connectivity index (χ2n) is 6.54. The fourth-order valence-corrected chi connectivity index (χ4v) is 2.90. The number of rotatable bonds is 7. The molecule has 0 atom stereocenters. The van der Waals surface area contributed by atoms with Crippen molar-refractivity contribution in [2.75, 3.05) is 44.8 Å². The van der Waals surface area contributed by atoms with Crippen LogP contribution in [0.15, 0.2) is 24.3 Å². The molecule has 1 aromatic carbocycles. The van der Waals surface area contributed by atoms with Crippen LogP contribution >= 0.6 is 0 Å². The van der Waals surface area contributed by atoms with Gasteiger partial charge in [-0.15, -0.1) is 0 Å². The largest absolute Gasteiger partial charge is 0.396 e. The lowest BCUT2D eigenvalue weighted by Crippen LogP contribution is -2.40. The number of aliphatic hydroxyl groups excluding tert-OH is 2. The van der Waals surface area contributed by atoms with E-state index in [-0.39, 0.29) is 19.1 Å². The summed E-state index contributed by atoms with van der Waals surface area (Å²) in [7, 11) is 1.91. The molecule has 122 valence electrons. The van der Waals surface area contributed by atoms with Gasteiger partial charge in [0.25, 0.3) is 0 Å². The van der Waals surface area contributed by atoms with Gasteiger partial charge < -0.3 is 20.0 Å². The summed E-state index contributed by atoms with van der Waals surface area (Å²) in [5.74, 6) is 0.131. The molecular weight excluding hydrogens is 280 g/mol. The fraction of sp³-hybridized carbons (Fsp3) is 0.588. The molecule has 1 amide bonds. The molecule has 1 aromatic rings. The van der Waals surface area contributed by atoms with Crippen molar-refractivity contribution >= 4 is 11.6 Å². The molecule has 5 heteroatoms. The van der Waals surface area contributed by atoms with Crippen molar-refractivity contribution in [2.45, 2.75) is 19.8 Å². The fourth-order valence-electron chi connectivity index (χ4n) is 2.90. The zero-order chi connectivity index (χ0) is 16.2. The van der Waals surface area contributed by atoms with Gasteiger partial charge in [-0.05, 0) is 25.1 Å². The van der Waals surface area contributed by atoms with Crippen LogP contribution in [-0.4, -0.2) is 60.9 Å². The molecule has 0 fully saturated rings. The van der Waals surface area contributed by atoms with Gasteiger partial charge in [0.15, 0.2) is 0 Å². The summed E-state index contributed by atoms with van der Waals surface area (Å²) in [5.41, 5.74) is 1.74. The van der Waals surface area contributed by atoms with E-state index in [9.17, 15) is 15.0 Å². The Bertz CT molecular complexity index is 514. The number of hydrogen-bond acceptors (Lipinski definition) is 4. The predicted octanol–water partition coefficient (Wildman–Crippen LogP) is 0.888. The van der Waals surface area contributed by atoms with Crippen LogP contribution < -0.4 is 4.90 Å². The van der Waals surface area contributed by atoms with E-state index in [1.165, 1.54) is 5.56 Å². The van der Waals surface area contributed by atoms with Crippen molar-refractivity contribution in [3.05, 3.63) is 29.8 Å². The molecule has 1 heterocycles. The van der Waals surface area contributed by atoms with Gasteiger partial charge in [-0.3, -0.25) is 4.79 Å². The summed E-state index contributed by atoms with van der Waals surface area (Å²) >= 11 is 0. The quantitative estimate of drug-likeness (QED) is 0.785. The molecule has 2 rings (SSSR count). The Morgan fingerprint density at radius 2 is 2.00 bits per heavy atom. The Hall–Kier alpha value is -1.43. The minimum absolute atomic E-state index is 0.0682. The van der Waals surface area contributed by atoms with E-state index in [1.807, 2.05) is 42.0 Å². The number of fused-ring (bicyclic) bond motifs is 1. The van der Waals surface area contributed by atoms with Crippen molar-refractivity contribution in [2.24, 2.45) is 5.41 Å². The zero-order valence-electron chi connectivity index (χ0n) is 13.5. The highest BCUT2D eigenvalue weighted by Gasteiger charge is 2.26. The van der Waals surface area contributed by atoms with Crippen LogP contribution in [0.3, 0.4) is 0 Å². The van der Waals surface area contributed by atoms with Gasteiger partial charge in [0.1, 0.15) is 0 Å². The Kier molecular flexibility index (Phi) is 5.56. The van der Waals surface area contributed by atoms with Crippen molar-refractivity contribution in [1.82, 2.24) is 4.90 Å². The average molecular weight is 306 g/mol.